The fourth-order valence-corrected chi connectivity index (χ4v) is 14.0. The highest BCUT2D eigenvalue weighted by atomic mass is 15.2. The zero-order valence-corrected chi connectivity index (χ0v) is 49.0. The number of rotatable bonds is 7. The molecule has 2 heterocycles. The molecule has 4 aliphatic rings. The van der Waals surface area contributed by atoms with Gasteiger partial charge in [0.15, 0.2) is 0 Å². The third-order valence-corrected chi connectivity index (χ3v) is 19.4. The lowest BCUT2D eigenvalue weighted by Crippen LogP contribution is -2.62. The maximum atomic E-state index is 2.73. The number of nitrogens with zero attached hydrogens (tertiary/aromatic N) is 2. The highest BCUT2D eigenvalue weighted by Gasteiger charge is 2.48. The van der Waals surface area contributed by atoms with Crippen LogP contribution in [0, 0.1) is 0 Å². The van der Waals surface area contributed by atoms with Gasteiger partial charge in [-0.2, -0.15) is 0 Å². The maximum absolute atomic E-state index is 2.73. The number of hydrogen-bond donors (Lipinski definition) is 0. The van der Waals surface area contributed by atoms with E-state index in [1.54, 1.807) is 0 Å². The second-order valence-electron chi connectivity index (χ2n) is 28.1. The Morgan fingerprint density at radius 3 is 1.58 bits per heavy atom. The summed E-state index contributed by atoms with van der Waals surface area (Å²) < 4.78 is 0. The molecule has 2 aliphatic carbocycles. The van der Waals surface area contributed by atoms with Crippen molar-refractivity contribution in [3.05, 3.63) is 208 Å². The first kappa shape index (κ1) is 51.2. The summed E-state index contributed by atoms with van der Waals surface area (Å²) in [5.41, 5.74) is 27.8. The van der Waals surface area contributed by atoms with E-state index in [1.165, 1.54) is 130 Å². The molecule has 3 heteroatoms. The van der Waals surface area contributed by atoms with Crippen LogP contribution in [0.3, 0.4) is 0 Å². The summed E-state index contributed by atoms with van der Waals surface area (Å²) in [6.07, 6.45) is 4.69. The predicted octanol–water partition coefficient (Wildman–Crippen LogP) is 18.5. The normalized spacial score (nSPS) is 17.5. The van der Waals surface area contributed by atoms with Crippen LogP contribution in [-0.2, 0) is 32.5 Å². The van der Waals surface area contributed by atoms with Gasteiger partial charge in [0.1, 0.15) is 0 Å². The molecule has 0 saturated carbocycles. The minimum Gasteiger partial charge on any atom is -0.311 e. The van der Waals surface area contributed by atoms with Crippen LogP contribution in [0.4, 0.5) is 34.1 Å². The van der Waals surface area contributed by atoms with Crippen LogP contribution in [0.25, 0.3) is 22.3 Å². The molecule has 0 bridgehead atoms. The highest BCUT2D eigenvalue weighted by molar-refractivity contribution is 7.00. The van der Waals surface area contributed by atoms with E-state index in [2.05, 4.69) is 277 Å². The van der Waals surface area contributed by atoms with Crippen molar-refractivity contribution in [2.45, 2.75) is 168 Å². The van der Waals surface area contributed by atoms with Crippen molar-refractivity contribution in [2.24, 2.45) is 0 Å². The Hall–Kier alpha value is -6.58. The zero-order chi connectivity index (χ0) is 54.4. The average molecular weight is 1010 g/mol. The van der Waals surface area contributed by atoms with E-state index in [0.717, 1.165) is 12.8 Å². The van der Waals surface area contributed by atoms with E-state index < -0.39 is 0 Å². The molecule has 0 unspecified atom stereocenters. The Bertz CT molecular complexity index is 3640. The summed E-state index contributed by atoms with van der Waals surface area (Å²) in [4.78, 5) is 5.45. The zero-order valence-electron chi connectivity index (χ0n) is 49.0. The average Bonchev–Trinajstić information content (AvgIpc) is 3.42. The van der Waals surface area contributed by atoms with E-state index in [9.17, 15) is 0 Å². The van der Waals surface area contributed by atoms with E-state index >= 15 is 0 Å². The summed E-state index contributed by atoms with van der Waals surface area (Å²) >= 11 is 0. The van der Waals surface area contributed by atoms with Crippen LogP contribution in [0.1, 0.15) is 180 Å². The van der Waals surface area contributed by atoms with Gasteiger partial charge < -0.3 is 9.80 Å². The van der Waals surface area contributed by atoms with Gasteiger partial charge in [0.05, 0.1) is 5.69 Å². The summed E-state index contributed by atoms with van der Waals surface area (Å²) in [5.74, 6) is 0.279. The Labute approximate surface area is 463 Å². The molecule has 0 amide bonds. The molecule has 2 aliphatic heterocycles. The Morgan fingerprint density at radius 1 is 0.403 bits per heavy atom. The van der Waals surface area contributed by atoms with Crippen molar-refractivity contribution in [1.29, 1.82) is 0 Å². The predicted molar refractivity (Wildman–Crippen MR) is 333 cm³/mol. The van der Waals surface area contributed by atoms with Gasteiger partial charge in [-0.15, -0.1) is 0 Å². The minimum atomic E-state index is -0.263. The highest BCUT2D eigenvalue weighted by Crippen LogP contribution is 2.54. The fraction of sp³-hybridized carbons (Fsp3) is 0.351. The first-order chi connectivity index (χ1) is 36.4. The third kappa shape index (κ3) is 8.35. The minimum absolute atomic E-state index is 0.00885. The van der Waals surface area contributed by atoms with Crippen molar-refractivity contribution < 1.29 is 0 Å². The molecule has 0 aromatic heterocycles. The molecule has 0 N–H and O–H groups in total. The van der Waals surface area contributed by atoms with Gasteiger partial charge in [-0.05, 0) is 191 Å². The molecule has 0 spiro atoms. The number of benzene rings is 8. The molecule has 2 nitrogen and oxygen atoms in total. The van der Waals surface area contributed by atoms with Gasteiger partial charge in [-0.1, -0.05) is 213 Å². The van der Waals surface area contributed by atoms with Gasteiger partial charge in [0.25, 0.3) is 6.71 Å². The quantitative estimate of drug-likeness (QED) is 0.147. The second kappa shape index (κ2) is 17.7. The van der Waals surface area contributed by atoms with Gasteiger partial charge in [-0.25, -0.2) is 0 Å². The number of fused-ring (bicyclic) bond motifs is 6. The van der Waals surface area contributed by atoms with Crippen LogP contribution in [0.15, 0.2) is 164 Å². The van der Waals surface area contributed by atoms with E-state index in [0.29, 0.717) is 0 Å². The summed E-state index contributed by atoms with van der Waals surface area (Å²) in [7, 11) is 0. The first-order valence-corrected chi connectivity index (χ1v) is 29.0. The summed E-state index contributed by atoms with van der Waals surface area (Å²) in [5, 5.41) is 0. The molecule has 0 fully saturated rings. The van der Waals surface area contributed by atoms with E-state index in [-0.39, 0.29) is 45.1 Å². The molecular formula is C74H81BN2. The molecule has 8 aromatic carbocycles. The number of anilines is 6. The van der Waals surface area contributed by atoms with Gasteiger partial charge in [0.2, 0.25) is 0 Å². The van der Waals surface area contributed by atoms with Gasteiger partial charge in [0, 0.05) is 39.4 Å². The van der Waals surface area contributed by atoms with E-state index in [4.69, 9.17) is 0 Å². The van der Waals surface area contributed by atoms with Crippen LogP contribution < -0.4 is 26.2 Å². The fourth-order valence-electron chi connectivity index (χ4n) is 14.0. The van der Waals surface area contributed by atoms with Crippen molar-refractivity contribution in [2.75, 3.05) is 9.80 Å². The largest absolute Gasteiger partial charge is 0.311 e. The maximum Gasteiger partial charge on any atom is 0.252 e. The molecule has 0 atom stereocenters. The summed E-state index contributed by atoms with van der Waals surface area (Å²) in [6.45, 7) is 36.5. The van der Waals surface area contributed by atoms with Gasteiger partial charge in [-0.3, -0.25) is 0 Å². The third-order valence-electron chi connectivity index (χ3n) is 19.4. The molecule has 12 rings (SSSR count). The molecule has 390 valence electrons. The smallest absolute Gasteiger partial charge is 0.252 e. The summed E-state index contributed by atoms with van der Waals surface area (Å²) in [6, 6.07) is 64.4. The monoisotopic (exact) mass is 1010 g/mol. The lowest BCUT2D eigenvalue weighted by molar-refractivity contribution is 0.332. The Kier molecular flexibility index (Phi) is 11.8. The Balaban J connectivity index is 1.21. The van der Waals surface area contributed by atoms with Crippen LogP contribution in [0.5, 0.6) is 0 Å². The number of hydrogen-bond acceptors (Lipinski definition) is 2. The van der Waals surface area contributed by atoms with E-state index in [1.807, 2.05) is 0 Å². The molecule has 8 aromatic rings. The van der Waals surface area contributed by atoms with Crippen molar-refractivity contribution in [3.63, 3.8) is 0 Å². The SMILES string of the molecule is CC(C)c1cc2c3c(c1)N(c1ccc(C(C)(C)C)cc1-c1cccc(-c4ccccc4)c1)c1cc(C(C)(C)c4ccccc4)ccc1B3c1cc3c(cc1N2c1ccc2c(c1)C(C)(C)CCC2(C)C)C(C)(C)CCC3(C)C. The lowest BCUT2D eigenvalue weighted by Gasteiger charge is -2.48. The molecular weight excluding hydrogens is 928 g/mol. The van der Waals surface area contributed by atoms with Crippen LogP contribution >= 0.6 is 0 Å². The van der Waals surface area contributed by atoms with Crippen molar-refractivity contribution >= 4 is 57.2 Å². The molecule has 0 radical (unpaired) electrons. The molecule has 0 saturated heterocycles. The first-order valence-electron chi connectivity index (χ1n) is 29.0. The van der Waals surface area contributed by atoms with Gasteiger partial charge >= 0.3 is 0 Å². The molecule has 77 heavy (non-hydrogen) atoms. The second-order valence-corrected chi connectivity index (χ2v) is 28.1. The van der Waals surface area contributed by atoms with Crippen molar-refractivity contribution in [1.82, 2.24) is 0 Å². The Morgan fingerprint density at radius 2 is 0.948 bits per heavy atom. The van der Waals surface area contributed by atoms with Crippen molar-refractivity contribution in [3.8, 4) is 22.3 Å². The topological polar surface area (TPSA) is 6.48 Å². The lowest BCUT2D eigenvalue weighted by atomic mass is 9.33. The van der Waals surface area contributed by atoms with Crippen LogP contribution in [-0.4, -0.2) is 6.71 Å². The van der Waals surface area contributed by atoms with Crippen LogP contribution in [0.2, 0.25) is 0 Å². The standard InChI is InChI=1S/C74H81BN2/c1-47(2)51-40-66-68-67(41-51)77(63-34-30-53(69(3,4)5)42-56(63)50-26-22-25-49(39-50)48-23-18-16-19-24-48)64-43-54(74(14,15)52-27-20-17-21-28-52)29-33-61(64)75(68)62-45-59-60(73(12,13)38-37-72(59,10)11)46-65(62)76(66)55-31-32-57-58(44-55)71(8,9)36-35-70(57,6)7/h16-34,39-47H,35-38H2,1-15H3.